The molecule has 0 bridgehead atoms. The Morgan fingerprint density at radius 1 is 1.10 bits per heavy atom. The molecule has 6 heteroatoms. The summed E-state index contributed by atoms with van der Waals surface area (Å²) in [6, 6.07) is 4.44. The van der Waals surface area contributed by atoms with Crippen LogP contribution >= 0.6 is 0 Å². The molecular weight excluding hydrogens is 268 g/mol. The fourth-order valence-corrected chi connectivity index (χ4v) is 2.79. The molecule has 1 aliphatic rings. The number of rotatable bonds is 9. The third kappa shape index (κ3) is 6.12. The minimum absolute atomic E-state index is 0.0418. The average Bonchev–Trinajstić information content (AvgIpc) is 3.01. The maximum absolute atomic E-state index is 12.4. The number of hydrogen-bond acceptors (Lipinski definition) is 5. The van der Waals surface area contributed by atoms with Gasteiger partial charge in [0.05, 0.1) is 38.1 Å². The van der Waals surface area contributed by atoms with Gasteiger partial charge in [-0.2, -0.15) is 10.5 Å². The van der Waals surface area contributed by atoms with Crippen LogP contribution in [-0.4, -0.2) is 59.6 Å². The fourth-order valence-electron chi connectivity index (χ4n) is 2.79. The van der Waals surface area contributed by atoms with E-state index >= 15 is 0 Å². The van der Waals surface area contributed by atoms with E-state index in [0.717, 1.165) is 12.8 Å². The van der Waals surface area contributed by atoms with Gasteiger partial charge in [-0.05, 0) is 12.8 Å². The van der Waals surface area contributed by atoms with Gasteiger partial charge in [-0.25, -0.2) is 0 Å². The van der Waals surface area contributed by atoms with Crippen molar-refractivity contribution >= 4 is 5.91 Å². The summed E-state index contributed by atoms with van der Waals surface area (Å²) in [5.41, 5.74) is 0. The number of carbonyl (C=O) groups excluding carboxylic acids is 1. The number of carbonyl (C=O) groups is 1. The first kappa shape index (κ1) is 17.4. The quantitative estimate of drug-likeness (QED) is 0.681. The minimum atomic E-state index is -0.0548. The first-order chi connectivity index (χ1) is 10.2. The third-order valence-corrected chi connectivity index (χ3v) is 3.91. The molecule has 0 heterocycles. The maximum Gasteiger partial charge on any atom is 0.236 e. The van der Waals surface area contributed by atoms with Crippen LogP contribution in [-0.2, 0) is 4.79 Å². The highest BCUT2D eigenvalue weighted by Crippen LogP contribution is 2.23. The molecule has 0 saturated heterocycles. The Bertz CT molecular complexity index is 375. The molecule has 1 N–H and O–H groups in total. The Morgan fingerprint density at radius 2 is 1.67 bits per heavy atom. The highest BCUT2D eigenvalue weighted by Gasteiger charge is 2.25. The number of amides is 1. The predicted octanol–water partition coefficient (Wildman–Crippen LogP) is 0.879. The van der Waals surface area contributed by atoms with Crippen LogP contribution in [0.25, 0.3) is 0 Å². The Labute approximate surface area is 126 Å². The Kier molecular flexibility index (Phi) is 8.42. The summed E-state index contributed by atoms with van der Waals surface area (Å²) in [5, 5.41) is 26.5. The molecule has 0 aromatic carbocycles. The molecule has 0 radical (unpaired) electrons. The Balaban J connectivity index is 2.58. The zero-order chi connectivity index (χ0) is 15.5. The van der Waals surface area contributed by atoms with Crippen molar-refractivity contribution in [2.24, 2.45) is 0 Å². The molecule has 116 valence electrons. The van der Waals surface area contributed by atoms with Crippen LogP contribution in [0.4, 0.5) is 0 Å². The highest BCUT2D eigenvalue weighted by molar-refractivity contribution is 5.78. The second-order valence-corrected chi connectivity index (χ2v) is 5.33. The third-order valence-electron chi connectivity index (χ3n) is 3.91. The second kappa shape index (κ2) is 10.1. The van der Waals surface area contributed by atoms with Gasteiger partial charge in [0, 0.05) is 25.7 Å². The summed E-state index contributed by atoms with van der Waals surface area (Å²) in [5.74, 6) is -0.0548. The Morgan fingerprint density at radius 3 is 2.14 bits per heavy atom. The molecule has 0 unspecified atom stereocenters. The van der Waals surface area contributed by atoms with Crippen molar-refractivity contribution in [2.75, 3.05) is 32.8 Å². The molecule has 0 aromatic heterocycles. The summed E-state index contributed by atoms with van der Waals surface area (Å²) >= 11 is 0. The van der Waals surface area contributed by atoms with Crippen LogP contribution in [0.15, 0.2) is 0 Å². The molecule has 1 rings (SSSR count). The zero-order valence-electron chi connectivity index (χ0n) is 12.5. The van der Waals surface area contributed by atoms with Gasteiger partial charge >= 0.3 is 0 Å². The monoisotopic (exact) mass is 292 g/mol. The lowest BCUT2D eigenvalue weighted by Crippen LogP contribution is -2.45. The van der Waals surface area contributed by atoms with E-state index in [4.69, 9.17) is 10.5 Å². The molecule has 1 aliphatic carbocycles. The first-order valence-electron chi connectivity index (χ1n) is 7.59. The van der Waals surface area contributed by atoms with Gasteiger partial charge in [0.25, 0.3) is 0 Å². The van der Waals surface area contributed by atoms with Crippen molar-refractivity contribution in [3.8, 4) is 12.1 Å². The molecule has 1 amide bonds. The lowest BCUT2D eigenvalue weighted by Gasteiger charge is -2.30. The number of aliphatic hydroxyl groups is 1. The molecular formula is C15H24N4O2. The molecule has 0 aliphatic heterocycles. The minimum Gasteiger partial charge on any atom is -0.395 e. The van der Waals surface area contributed by atoms with Crippen molar-refractivity contribution in [1.82, 2.24) is 9.80 Å². The largest absolute Gasteiger partial charge is 0.395 e. The van der Waals surface area contributed by atoms with E-state index in [1.165, 1.54) is 12.8 Å². The summed E-state index contributed by atoms with van der Waals surface area (Å²) < 4.78 is 0. The molecule has 0 atom stereocenters. The van der Waals surface area contributed by atoms with Gasteiger partial charge in [0.1, 0.15) is 0 Å². The van der Waals surface area contributed by atoms with Gasteiger partial charge in [-0.1, -0.05) is 12.8 Å². The lowest BCUT2D eigenvalue weighted by molar-refractivity contribution is -0.133. The summed E-state index contributed by atoms with van der Waals surface area (Å²) in [6.07, 6.45) is 5.05. The van der Waals surface area contributed by atoms with Gasteiger partial charge in [-0.15, -0.1) is 0 Å². The molecule has 0 aromatic rings. The highest BCUT2D eigenvalue weighted by atomic mass is 16.3. The molecule has 21 heavy (non-hydrogen) atoms. The zero-order valence-corrected chi connectivity index (χ0v) is 12.5. The van der Waals surface area contributed by atoms with Crippen LogP contribution in [0.5, 0.6) is 0 Å². The van der Waals surface area contributed by atoms with Crippen LogP contribution in [0, 0.1) is 22.7 Å². The van der Waals surface area contributed by atoms with Crippen molar-refractivity contribution in [3.63, 3.8) is 0 Å². The molecule has 6 nitrogen and oxygen atoms in total. The lowest BCUT2D eigenvalue weighted by atomic mass is 10.2. The van der Waals surface area contributed by atoms with Gasteiger partial charge in [0.2, 0.25) is 5.91 Å². The summed E-state index contributed by atoms with van der Waals surface area (Å²) in [7, 11) is 0. The van der Waals surface area contributed by atoms with Gasteiger partial charge in [0.15, 0.2) is 0 Å². The fraction of sp³-hybridized carbons (Fsp3) is 0.800. The molecule has 0 spiro atoms. The first-order valence-corrected chi connectivity index (χ1v) is 7.59. The summed E-state index contributed by atoms with van der Waals surface area (Å²) in [4.78, 5) is 16.0. The van der Waals surface area contributed by atoms with E-state index < -0.39 is 0 Å². The molecule has 1 saturated carbocycles. The smallest absolute Gasteiger partial charge is 0.236 e. The number of aliphatic hydroxyl groups excluding tert-OH is 1. The van der Waals surface area contributed by atoms with E-state index in [2.05, 4.69) is 0 Å². The van der Waals surface area contributed by atoms with Crippen molar-refractivity contribution in [3.05, 3.63) is 0 Å². The van der Waals surface area contributed by atoms with E-state index in [-0.39, 0.29) is 31.9 Å². The van der Waals surface area contributed by atoms with Crippen LogP contribution in [0.1, 0.15) is 38.5 Å². The van der Waals surface area contributed by atoms with E-state index in [1.54, 1.807) is 4.90 Å². The van der Waals surface area contributed by atoms with Crippen molar-refractivity contribution in [2.45, 2.75) is 44.6 Å². The topological polar surface area (TPSA) is 91.4 Å². The van der Waals surface area contributed by atoms with Crippen molar-refractivity contribution < 1.29 is 9.90 Å². The maximum atomic E-state index is 12.4. The van der Waals surface area contributed by atoms with Gasteiger partial charge in [-0.3, -0.25) is 9.69 Å². The van der Waals surface area contributed by atoms with Crippen molar-refractivity contribution in [1.29, 1.82) is 10.5 Å². The van der Waals surface area contributed by atoms with Crippen LogP contribution in [0.3, 0.4) is 0 Å². The van der Waals surface area contributed by atoms with E-state index in [1.807, 2.05) is 17.0 Å². The second-order valence-electron chi connectivity index (χ2n) is 5.33. The normalized spacial score (nSPS) is 14.9. The predicted molar refractivity (Wildman–Crippen MR) is 78.0 cm³/mol. The van der Waals surface area contributed by atoms with E-state index in [9.17, 15) is 9.90 Å². The Hall–Kier alpha value is -1.63. The summed E-state index contributed by atoms with van der Waals surface area (Å²) in [6.45, 7) is 1.55. The number of nitriles is 2. The van der Waals surface area contributed by atoms with Gasteiger partial charge < -0.3 is 10.0 Å². The number of nitrogens with zero attached hydrogens (tertiary/aromatic N) is 4. The van der Waals surface area contributed by atoms with Crippen LogP contribution < -0.4 is 0 Å². The standard InChI is InChI=1S/C15H24N4O2/c16-7-3-9-18(10-4-8-17)15(21)13-19(11-12-20)14-5-1-2-6-14/h14,20H,1-6,9-13H2. The SMILES string of the molecule is N#CCCN(CCC#N)C(=O)CN(CCO)C1CCCC1. The molecule has 1 fully saturated rings. The average molecular weight is 292 g/mol. The number of hydrogen-bond donors (Lipinski definition) is 1. The van der Waals surface area contributed by atoms with Crippen LogP contribution in [0.2, 0.25) is 0 Å². The van der Waals surface area contributed by atoms with E-state index in [0.29, 0.717) is 25.7 Å².